The lowest BCUT2D eigenvalue weighted by atomic mass is 10.0. The van der Waals surface area contributed by atoms with Gasteiger partial charge in [0.2, 0.25) is 0 Å². The molecule has 0 aromatic carbocycles. The van der Waals surface area contributed by atoms with Crippen molar-refractivity contribution in [3.8, 4) is 0 Å². The van der Waals surface area contributed by atoms with Gasteiger partial charge in [-0.3, -0.25) is 4.79 Å². The van der Waals surface area contributed by atoms with Crippen LogP contribution in [0.2, 0.25) is 0 Å². The summed E-state index contributed by atoms with van der Waals surface area (Å²) >= 11 is 0. The third kappa shape index (κ3) is 4.91. The molecule has 6 heteroatoms. The largest absolute Gasteiger partial charge is 0.481 e. The Kier molecular flexibility index (Phi) is 5.40. The molecule has 2 atom stereocenters. The zero-order chi connectivity index (χ0) is 13.7. The van der Waals surface area contributed by atoms with Gasteiger partial charge in [0.05, 0.1) is 5.92 Å². The normalized spacial score (nSPS) is 18.2. The number of likely N-dealkylation sites (N-methyl/N-ethyl adjacent to an activating group) is 1. The Labute approximate surface area is 108 Å². The minimum Gasteiger partial charge on any atom is -0.481 e. The van der Waals surface area contributed by atoms with Crippen molar-refractivity contribution < 1.29 is 14.7 Å². The molecule has 104 valence electrons. The summed E-state index contributed by atoms with van der Waals surface area (Å²) in [5, 5.41) is 14.2. The van der Waals surface area contributed by atoms with Crippen molar-refractivity contribution in [1.82, 2.24) is 15.5 Å². The van der Waals surface area contributed by atoms with Crippen molar-refractivity contribution >= 4 is 12.0 Å². The molecule has 0 aliphatic heterocycles. The van der Waals surface area contributed by atoms with Crippen molar-refractivity contribution in [2.24, 2.45) is 5.92 Å². The number of aliphatic carboxylic acids is 1. The third-order valence-electron chi connectivity index (χ3n) is 3.42. The maximum atomic E-state index is 11.5. The average molecular weight is 257 g/mol. The second kappa shape index (κ2) is 6.58. The second-order valence-electron chi connectivity index (χ2n) is 5.03. The van der Waals surface area contributed by atoms with Crippen LogP contribution in [0.25, 0.3) is 0 Å². The molecule has 1 saturated carbocycles. The quantitative estimate of drug-likeness (QED) is 0.620. The van der Waals surface area contributed by atoms with Gasteiger partial charge in [-0.15, -0.1) is 0 Å². The molecular weight excluding hydrogens is 234 g/mol. The van der Waals surface area contributed by atoms with Crippen LogP contribution < -0.4 is 10.6 Å². The molecule has 2 amide bonds. The SMILES string of the molecule is CC(NC(=O)NCCN(C)C1CC1)C(C)C(=O)O. The van der Waals surface area contributed by atoms with E-state index in [1.807, 2.05) is 7.05 Å². The van der Waals surface area contributed by atoms with Gasteiger partial charge in [0.15, 0.2) is 0 Å². The molecule has 1 aliphatic rings. The molecule has 0 bridgehead atoms. The maximum absolute atomic E-state index is 11.5. The molecule has 0 radical (unpaired) electrons. The highest BCUT2D eigenvalue weighted by molar-refractivity contribution is 5.76. The number of urea groups is 1. The minimum absolute atomic E-state index is 0.306. The predicted octanol–water partition coefficient (Wildman–Crippen LogP) is 0.489. The third-order valence-corrected chi connectivity index (χ3v) is 3.42. The molecule has 3 N–H and O–H groups in total. The zero-order valence-corrected chi connectivity index (χ0v) is 11.3. The van der Waals surface area contributed by atoms with E-state index in [4.69, 9.17) is 5.11 Å². The monoisotopic (exact) mass is 257 g/mol. The van der Waals surface area contributed by atoms with Crippen molar-refractivity contribution in [3.05, 3.63) is 0 Å². The lowest BCUT2D eigenvalue weighted by molar-refractivity contribution is -0.141. The van der Waals surface area contributed by atoms with Crippen molar-refractivity contribution in [1.29, 1.82) is 0 Å². The summed E-state index contributed by atoms with van der Waals surface area (Å²) in [6.45, 7) is 4.66. The molecule has 0 aromatic rings. The highest BCUT2D eigenvalue weighted by Gasteiger charge is 2.25. The van der Waals surface area contributed by atoms with Gasteiger partial charge in [-0.1, -0.05) is 0 Å². The van der Waals surface area contributed by atoms with E-state index in [0.717, 1.165) is 6.54 Å². The fourth-order valence-electron chi connectivity index (χ4n) is 1.64. The summed E-state index contributed by atoms with van der Waals surface area (Å²) in [5.41, 5.74) is 0. The summed E-state index contributed by atoms with van der Waals surface area (Å²) < 4.78 is 0. The first-order valence-corrected chi connectivity index (χ1v) is 6.39. The lowest BCUT2D eigenvalue weighted by Crippen LogP contribution is -2.46. The zero-order valence-electron chi connectivity index (χ0n) is 11.3. The van der Waals surface area contributed by atoms with Gasteiger partial charge >= 0.3 is 12.0 Å². The number of nitrogens with one attached hydrogen (secondary N) is 2. The number of hydrogen-bond donors (Lipinski definition) is 3. The van der Waals surface area contributed by atoms with E-state index in [1.54, 1.807) is 13.8 Å². The molecule has 1 fully saturated rings. The van der Waals surface area contributed by atoms with E-state index in [0.29, 0.717) is 12.6 Å². The Hall–Kier alpha value is -1.30. The predicted molar refractivity (Wildman–Crippen MR) is 68.4 cm³/mol. The van der Waals surface area contributed by atoms with E-state index < -0.39 is 11.9 Å². The van der Waals surface area contributed by atoms with Crippen LogP contribution in [0.3, 0.4) is 0 Å². The van der Waals surface area contributed by atoms with E-state index in [1.165, 1.54) is 12.8 Å². The molecule has 0 spiro atoms. The molecule has 6 nitrogen and oxygen atoms in total. The summed E-state index contributed by atoms with van der Waals surface area (Å²) in [6.07, 6.45) is 2.49. The number of nitrogens with zero attached hydrogens (tertiary/aromatic N) is 1. The first-order chi connectivity index (χ1) is 8.41. The van der Waals surface area contributed by atoms with Crippen molar-refractivity contribution in [2.45, 2.75) is 38.8 Å². The van der Waals surface area contributed by atoms with E-state index in [-0.39, 0.29) is 12.1 Å². The maximum Gasteiger partial charge on any atom is 0.315 e. The van der Waals surface area contributed by atoms with Crippen LogP contribution in [0, 0.1) is 5.92 Å². The number of carbonyl (C=O) groups excluding carboxylic acids is 1. The number of amides is 2. The minimum atomic E-state index is -0.906. The Morgan fingerprint density at radius 1 is 1.39 bits per heavy atom. The standard InChI is InChI=1S/C12H23N3O3/c1-8(11(16)17)9(2)14-12(18)13-6-7-15(3)10-4-5-10/h8-10H,4-7H2,1-3H3,(H,16,17)(H2,13,14,18). The van der Waals surface area contributed by atoms with Gasteiger partial charge in [0, 0.05) is 25.2 Å². The number of carbonyl (C=O) groups is 2. The molecule has 0 aromatic heterocycles. The topological polar surface area (TPSA) is 81.7 Å². The summed E-state index contributed by atoms with van der Waals surface area (Å²) in [7, 11) is 2.05. The number of hydrogen-bond acceptors (Lipinski definition) is 3. The fourth-order valence-corrected chi connectivity index (χ4v) is 1.64. The van der Waals surface area contributed by atoms with E-state index in [2.05, 4.69) is 15.5 Å². The molecule has 0 saturated heterocycles. The van der Waals surface area contributed by atoms with E-state index >= 15 is 0 Å². The Bertz CT molecular complexity index is 305. The average Bonchev–Trinajstić information content (AvgIpc) is 3.11. The Morgan fingerprint density at radius 3 is 2.50 bits per heavy atom. The summed E-state index contributed by atoms with van der Waals surface area (Å²) in [4.78, 5) is 24.5. The fraction of sp³-hybridized carbons (Fsp3) is 0.833. The summed E-state index contributed by atoms with van der Waals surface area (Å²) in [5.74, 6) is -1.50. The Balaban J connectivity index is 2.14. The summed E-state index contributed by atoms with van der Waals surface area (Å²) in [6, 6.07) is -0.00993. The highest BCUT2D eigenvalue weighted by atomic mass is 16.4. The molecule has 1 rings (SSSR count). The van der Waals surface area contributed by atoms with Gasteiger partial charge in [-0.05, 0) is 33.7 Å². The van der Waals surface area contributed by atoms with Crippen molar-refractivity contribution in [2.75, 3.05) is 20.1 Å². The van der Waals surface area contributed by atoms with Crippen molar-refractivity contribution in [3.63, 3.8) is 0 Å². The number of carboxylic acids is 1. The van der Waals surface area contributed by atoms with Crippen LogP contribution in [0.5, 0.6) is 0 Å². The van der Waals surface area contributed by atoms with Gasteiger partial charge in [-0.2, -0.15) is 0 Å². The first-order valence-electron chi connectivity index (χ1n) is 6.39. The molecule has 2 unspecified atom stereocenters. The highest BCUT2D eigenvalue weighted by Crippen LogP contribution is 2.24. The molecular formula is C12H23N3O3. The van der Waals surface area contributed by atoms with Gasteiger partial charge in [0.1, 0.15) is 0 Å². The van der Waals surface area contributed by atoms with Crippen LogP contribution >= 0.6 is 0 Å². The van der Waals surface area contributed by atoms with Crippen LogP contribution in [0.15, 0.2) is 0 Å². The van der Waals surface area contributed by atoms with Crippen LogP contribution in [0.4, 0.5) is 4.79 Å². The number of carboxylic acid groups (broad SMARTS) is 1. The number of rotatable bonds is 7. The molecule has 18 heavy (non-hydrogen) atoms. The van der Waals surface area contributed by atoms with Gasteiger partial charge < -0.3 is 20.6 Å². The van der Waals surface area contributed by atoms with Crippen LogP contribution in [0.1, 0.15) is 26.7 Å². The first kappa shape index (κ1) is 14.8. The smallest absolute Gasteiger partial charge is 0.315 e. The van der Waals surface area contributed by atoms with Gasteiger partial charge in [0.25, 0.3) is 0 Å². The van der Waals surface area contributed by atoms with Crippen LogP contribution in [-0.4, -0.2) is 54.2 Å². The molecule has 0 heterocycles. The molecule has 1 aliphatic carbocycles. The Morgan fingerprint density at radius 2 is 2.00 bits per heavy atom. The second-order valence-corrected chi connectivity index (χ2v) is 5.03. The lowest BCUT2D eigenvalue weighted by Gasteiger charge is -2.19. The van der Waals surface area contributed by atoms with Crippen LogP contribution in [-0.2, 0) is 4.79 Å². The van der Waals surface area contributed by atoms with Gasteiger partial charge in [-0.25, -0.2) is 4.79 Å². The van der Waals surface area contributed by atoms with E-state index in [9.17, 15) is 9.59 Å².